The molecule has 0 aliphatic carbocycles. The molecule has 0 bridgehead atoms. The minimum absolute atomic E-state index is 0.692. The molecule has 0 rings (SSSR count). The Hall–Kier alpha value is -0.720. The average molecular weight is 161 g/mol. The van der Waals surface area contributed by atoms with Crippen LogP contribution in [0.25, 0.3) is 0 Å². The molecule has 5 nitrogen and oxygen atoms in total. The Morgan fingerprint density at radius 3 is 1.36 bits per heavy atom. The SMILES string of the molecule is C=CC(O)(O)NC(O)(O)C=C. The molecule has 5 N–H and O–H groups in total. The van der Waals surface area contributed by atoms with Crippen molar-refractivity contribution in [3.05, 3.63) is 25.3 Å². The van der Waals surface area contributed by atoms with Crippen LogP contribution in [0.5, 0.6) is 0 Å². The van der Waals surface area contributed by atoms with Crippen LogP contribution in [0.4, 0.5) is 0 Å². The summed E-state index contributed by atoms with van der Waals surface area (Å²) in [4.78, 5) is 0. The van der Waals surface area contributed by atoms with E-state index in [0.717, 1.165) is 0 Å². The minimum Gasteiger partial charge on any atom is -0.350 e. The van der Waals surface area contributed by atoms with Gasteiger partial charge in [0.1, 0.15) is 0 Å². The minimum atomic E-state index is -2.53. The number of hydrogen-bond acceptors (Lipinski definition) is 5. The van der Waals surface area contributed by atoms with Crippen molar-refractivity contribution in [1.29, 1.82) is 0 Å². The van der Waals surface area contributed by atoms with Gasteiger partial charge in [-0.25, -0.2) is 5.32 Å². The summed E-state index contributed by atoms with van der Waals surface area (Å²) in [6.07, 6.45) is 1.38. The third kappa shape index (κ3) is 3.87. The zero-order chi connectivity index (χ0) is 9.12. The summed E-state index contributed by atoms with van der Waals surface area (Å²) in [5, 5.41) is 36.6. The Balaban J connectivity index is 4.23. The molecule has 5 heteroatoms. The lowest BCUT2D eigenvalue weighted by molar-refractivity contribution is -0.242. The lowest BCUT2D eigenvalue weighted by Gasteiger charge is -2.26. The van der Waals surface area contributed by atoms with E-state index in [0.29, 0.717) is 12.2 Å². The van der Waals surface area contributed by atoms with Crippen LogP contribution in [0.2, 0.25) is 0 Å². The van der Waals surface area contributed by atoms with Gasteiger partial charge in [-0.3, -0.25) is 0 Å². The Labute approximate surface area is 63.9 Å². The first-order valence-corrected chi connectivity index (χ1v) is 2.79. The highest BCUT2D eigenvalue weighted by molar-refractivity contribution is 4.92. The molecule has 0 fully saturated rings. The number of aliphatic hydroxyl groups is 4. The standard InChI is InChI=1S/C6H11NO4/c1-3-5(8,9)7-6(10,11)4-2/h3-4,7-11H,1-2H2. The van der Waals surface area contributed by atoms with Crippen molar-refractivity contribution >= 4 is 0 Å². The fourth-order valence-electron chi connectivity index (χ4n) is 0.373. The second kappa shape index (κ2) is 3.12. The Morgan fingerprint density at radius 1 is 0.909 bits per heavy atom. The Morgan fingerprint density at radius 2 is 1.18 bits per heavy atom. The predicted octanol–water partition coefficient (Wildman–Crippen LogP) is -1.78. The molecular formula is C6H11NO4. The smallest absolute Gasteiger partial charge is 0.247 e. The molecule has 0 radical (unpaired) electrons. The number of nitrogens with one attached hydrogen (secondary N) is 1. The van der Waals surface area contributed by atoms with Crippen LogP contribution in [0, 0.1) is 0 Å². The van der Waals surface area contributed by atoms with E-state index in [1.165, 1.54) is 0 Å². The van der Waals surface area contributed by atoms with Crippen LogP contribution in [0.3, 0.4) is 0 Å². The van der Waals surface area contributed by atoms with Gasteiger partial charge in [-0.2, -0.15) is 0 Å². The molecule has 0 aliphatic rings. The third-order valence-electron chi connectivity index (χ3n) is 0.937. The monoisotopic (exact) mass is 161 g/mol. The van der Waals surface area contributed by atoms with Crippen LogP contribution in [-0.4, -0.2) is 32.2 Å². The first-order chi connectivity index (χ1) is 4.83. The fraction of sp³-hybridized carbons (Fsp3) is 0.333. The summed E-state index contributed by atoms with van der Waals surface area (Å²) < 4.78 is 0. The molecule has 0 heterocycles. The maximum Gasteiger partial charge on any atom is 0.247 e. The van der Waals surface area contributed by atoms with E-state index >= 15 is 0 Å². The normalized spacial score (nSPS) is 12.7. The van der Waals surface area contributed by atoms with Crippen molar-refractivity contribution in [1.82, 2.24) is 5.32 Å². The van der Waals surface area contributed by atoms with E-state index in [-0.39, 0.29) is 0 Å². The van der Waals surface area contributed by atoms with E-state index < -0.39 is 11.8 Å². The van der Waals surface area contributed by atoms with E-state index in [1.807, 2.05) is 0 Å². The van der Waals surface area contributed by atoms with Gasteiger partial charge in [0.15, 0.2) is 0 Å². The van der Waals surface area contributed by atoms with Crippen molar-refractivity contribution in [2.45, 2.75) is 11.8 Å². The molecular weight excluding hydrogens is 150 g/mol. The Bertz CT molecular complexity index is 146. The maximum absolute atomic E-state index is 8.75. The highest BCUT2D eigenvalue weighted by Crippen LogP contribution is 2.03. The van der Waals surface area contributed by atoms with Gasteiger partial charge in [0, 0.05) is 0 Å². The van der Waals surface area contributed by atoms with Crippen LogP contribution >= 0.6 is 0 Å². The number of hydrogen-bond donors (Lipinski definition) is 5. The van der Waals surface area contributed by atoms with Crippen molar-refractivity contribution < 1.29 is 20.4 Å². The quantitative estimate of drug-likeness (QED) is 0.248. The molecule has 0 aromatic carbocycles. The summed E-state index contributed by atoms with van der Waals surface area (Å²) in [6.45, 7) is 6.06. The maximum atomic E-state index is 8.75. The summed E-state index contributed by atoms with van der Waals surface area (Å²) >= 11 is 0. The molecule has 0 amide bonds. The largest absolute Gasteiger partial charge is 0.350 e. The molecule has 0 atom stereocenters. The lowest BCUT2D eigenvalue weighted by Crippen LogP contribution is -2.56. The van der Waals surface area contributed by atoms with E-state index in [9.17, 15) is 0 Å². The lowest BCUT2D eigenvalue weighted by atomic mass is 10.4. The van der Waals surface area contributed by atoms with Gasteiger partial charge in [0.2, 0.25) is 11.8 Å². The molecule has 0 saturated carbocycles. The number of rotatable bonds is 4. The molecule has 64 valence electrons. The predicted molar refractivity (Wildman–Crippen MR) is 37.9 cm³/mol. The summed E-state index contributed by atoms with van der Waals surface area (Å²) in [5.74, 6) is -5.06. The zero-order valence-corrected chi connectivity index (χ0v) is 5.86. The van der Waals surface area contributed by atoms with Crippen molar-refractivity contribution in [3.63, 3.8) is 0 Å². The van der Waals surface area contributed by atoms with Gasteiger partial charge in [0.25, 0.3) is 0 Å². The van der Waals surface area contributed by atoms with E-state index in [2.05, 4.69) is 13.2 Å². The van der Waals surface area contributed by atoms with Gasteiger partial charge in [-0.15, -0.1) is 0 Å². The van der Waals surface area contributed by atoms with Crippen LogP contribution < -0.4 is 5.32 Å². The zero-order valence-electron chi connectivity index (χ0n) is 5.86. The fourth-order valence-corrected chi connectivity index (χ4v) is 0.373. The van der Waals surface area contributed by atoms with Gasteiger partial charge in [0.05, 0.1) is 0 Å². The first kappa shape index (κ1) is 10.3. The third-order valence-corrected chi connectivity index (χ3v) is 0.937. The summed E-state index contributed by atoms with van der Waals surface area (Å²) in [7, 11) is 0. The van der Waals surface area contributed by atoms with Crippen molar-refractivity contribution in [3.8, 4) is 0 Å². The van der Waals surface area contributed by atoms with Crippen molar-refractivity contribution in [2.75, 3.05) is 0 Å². The van der Waals surface area contributed by atoms with Gasteiger partial charge in [-0.05, 0) is 12.2 Å². The van der Waals surface area contributed by atoms with Gasteiger partial charge < -0.3 is 20.4 Å². The van der Waals surface area contributed by atoms with Gasteiger partial charge >= 0.3 is 0 Å². The van der Waals surface area contributed by atoms with Crippen LogP contribution in [0.15, 0.2) is 25.3 Å². The van der Waals surface area contributed by atoms with E-state index in [1.54, 1.807) is 5.32 Å². The summed E-state index contributed by atoms with van der Waals surface area (Å²) in [5.41, 5.74) is 0. The first-order valence-electron chi connectivity index (χ1n) is 2.79. The van der Waals surface area contributed by atoms with E-state index in [4.69, 9.17) is 20.4 Å². The molecule has 0 aromatic heterocycles. The molecule has 11 heavy (non-hydrogen) atoms. The Kier molecular flexibility index (Phi) is 2.92. The molecule has 0 saturated heterocycles. The highest BCUT2D eigenvalue weighted by Gasteiger charge is 2.29. The molecule has 0 aromatic rings. The topological polar surface area (TPSA) is 93.0 Å². The second-order valence-electron chi connectivity index (χ2n) is 1.99. The molecule has 0 spiro atoms. The highest BCUT2D eigenvalue weighted by atomic mass is 16.6. The van der Waals surface area contributed by atoms with Crippen LogP contribution in [0.1, 0.15) is 0 Å². The molecule has 0 aliphatic heterocycles. The molecule has 0 unspecified atom stereocenters. The second-order valence-corrected chi connectivity index (χ2v) is 1.99. The van der Waals surface area contributed by atoms with Gasteiger partial charge in [-0.1, -0.05) is 13.2 Å². The summed E-state index contributed by atoms with van der Waals surface area (Å²) in [6, 6.07) is 0. The van der Waals surface area contributed by atoms with Crippen molar-refractivity contribution in [2.24, 2.45) is 0 Å². The van der Waals surface area contributed by atoms with Crippen LogP contribution in [-0.2, 0) is 0 Å². The average Bonchev–Trinajstić information content (AvgIpc) is 1.86.